The fourth-order valence-corrected chi connectivity index (χ4v) is 1.86. The molecule has 1 heterocycles. The summed E-state index contributed by atoms with van der Waals surface area (Å²) in [7, 11) is 0. The molecule has 2 aromatic carbocycles. The molecule has 3 aromatic rings. The summed E-state index contributed by atoms with van der Waals surface area (Å²) in [6.07, 6.45) is -0.0195. The standard InChI is InChI=1S/C15H11N3O3/c19-14(20)9-10-5-7-11(8-6-10)21-15-16-12-3-1-2-4-13(12)17-18-15/h1-8H,9H2,(H,19,20). The second kappa shape index (κ2) is 5.54. The van der Waals surface area contributed by atoms with Crippen molar-refractivity contribution in [2.24, 2.45) is 0 Å². The van der Waals surface area contributed by atoms with Crippen LogP contribution in [0.5, 0.6) is 11.8 Å². The molecule has 0 aliphatic carbocycles. The maximum Gasteiger partial charge on any atom is 0.341 e. The van der Waals surface area contributed by atoms with Gasteiger partial charge in [0.1, 0.15) is 11.3 Å². The van der Waals surface area contributed by atoms with Gasteiger partial charge in [0, 0.05) is 0 Å². The third-order valence-electron chi connectivity index (χ3n) is 2.83. The Kier molecular flexibility index (Phi) is 3.42. The van der Waals surface area contributed by atoms with Gasteiger partial charge in [-0.1, -0.05) is 29.4 Å². The van der Waals surface area contributed by atoms with Gasteiger partial charge in [-0.15, -0.1) is 5.10 Å². The number of fused-ring (bicyclic) bond motifs is 1. The maximum atomic E-state index is 10.6. The lowest BCUT2D eigenvalue weighted by atomic mass is 10.1. The molecule has 1 aromatic heterocycles. The summed E-state index contributed by atoms with van der Waals surface area (Å²) in [5, 5.41) is 16.6. The molecule has 0 aliphatic heterocycles. The van der Waals surface area contributed by atoms with E-state index in [0.29, 0.717) is 22.3 Å². The molecule has 0 fully saturated rings. The van der Waals surface area contributed by atoms with E-state index in [1.807, 2.05) is 24.3 Å². The number of hydrogen-bond donors (Lipinski definition) is 1. The van der Waals surface area contributed by atoms with Crippen molar-refractivity contribution < 1.29 is 14.6 Å². The van der Waals surface area contributed by atoms with E-state index >= 15 is 0 Å². The third-order valence-corrected chi connectivity index (χ3v) is 2.83. The Bertz CT molecular complexity index is 788. The fourth-order valence-electron chi connectivity index (χ4n) is 1.86. The Labute approximate surface area is 120 Å². The fraction of sp³-hybridized carbons (Fsp3) is 0.0667. The van der Waals surface area contributed by atoms with Gasteiger partial charge < -0.3 is 9.84 Å². The first-order valence-corrected chi connectivity index (χ1v) is 6.29. The number of aromatic nitrogens is 3. The molecule has 0 amide bonds. The molecule has 0 aliphatic rings. The van der Waals surface area contributed by atoms with Crippen LogP contribution in [0.15, 0.2) is 48.5 Å². The number of rotatable bonds is 4. The van der Waals surface area contributed by atoms with E-state index < -0.39 is 5.97 Å². The van der Waals surface area contributed by atoms with Gasteiger partial charge in [-0.25, -0.2) is 0 Å². The van der Waals surface area contributed by atoms with Gasteiger partial charge in [0.05, 0.1) is 11.9 Å². The average Bonchev–Trinajstić information content (AvgIpc) is 2.49. The summed E-state index contributed by atoms with van der Waals surface area (Å²) in [5.41, 5.74) is 2.10. The number of nitrogens with zero attached hydrogens (tertiary/aromatic N) is 3. The van der Waals surface area contributed by atoms with Crippen LogP contribution in [0.25, 0.3) is 11.0 Å². The highest BCUT2D eigenvalue weighted by molar-refractivity contribution is 5.73. The highest BCUT2D eigenvalue weighted by Crippen LogP contribution is 2.19. The zero-order valence-electron chi connectivity index (χ0n) is 10.9. The number of aliphatic carboxylic acids is 1. The lowest BCUT2D eigenvalue weighted by Crippen LogP contribution is -2.00. The second-order valence-corrected chi connectivity index (χ2v) is 4.40. The minimum absolute atomic E-state index is 0.0195. The smallest absolute Gasteiger partial charge is 0.341 e. The van der Waals surface area contributed by atoms with Crippen molar-refractivity contribution in [2.45, 2.75) is 6.42 Å². The van der Waals surface area contributed by atoms with Crippen LogP contribution in [0.3, 0.4) is 0 Å². The van der Waals surface area contributed by atoms with Gasteiger partial charge in [-0.2, -0.15) is 4.98 Å². The van der Waals surface area contributed by atoms with Gasteiger partial charge in [0.2, 0.25) is 0 Å². The van der Waals surface area contributed by atoms with Gasteiger partial charge >= 0.3 is 12.0 Å². The first-order valence-electron chi connectivity index (χ1n) is 6.29. The van der Waals surface area contributed by atoms with E-state index in [4.69, 9.17) is 9.84 Å². The molecule has 0 atom stereocenters. The van der Waals surface area contributed by atoms with Crippen LogP contribution in [-0.4, -0.2) is 26.3 Å². The van der Waals surface area contributed by atoms with Crippen LogP contribution in [0.1, 0.15) is 5.56 Å². The van der Waals surface area contributed by atoms with Crippen molar-refractivity contribution in [2.75, 3.05) is 0 Å². The summed E-state index contributed by atoms with van der Waals surface area (Å²) >= 11 is 0. The second-order valence-electron chi connectivity index (χ2n) is 4.40. The predicted octanol–water partition coefficient (Wildman–Crippen LogP) is 2.44. The highest BCUT2D eigenvalue weighted by atomic mass is 16.5. The molecule has 0 saturated heterocycles. The van der Waals surface area contributed by atoms with Crippen LogP contribution in [0.2, 0.25) is 0 Å². The Balaban J connectivity index is 1.79. The maximum absolute atomic E-state index is 10.6. The summed E-state index contributed by atoms with van der Waals surface area (Å²) in [4.78, 5) is 14.9. The zero-order chi connectivity index (χ0) is 14.7. The van der Waals surface area contributed by atoms with Crippen LogP contribution < -0.4 is 4.74 Å². The lowest BCUT2D eigenvalue weighted by Gasteiger charge is -2.04. The van der Waals surface area contributed by atoms with Crippen LogP contribution >= 0.6 is 0 Å². The number of carbonyl (C=O) groups is 1. The molecule has 0 saturated carbocycles. The topological polar surface area (TPSA) is 85.2 Å². The normalized spacial score (nSPS) is 10.5. The number of ether oxygens (including phenoxy) is 1. The van der Waals surface area contributed by atoms with Crippen molar-refractivity contribution in [3.8, 4) is 11.8 Å². The summed E-state index contributed by atoms with van der Waals surface area (Å²) in [6.45, 7) is 0. The number of benzene rings is 2. The van der Waals surface area contributed by atoms with E-state index in [9.17, 15) is 4.79 Å². The predicted molar refractivity (Wildman–Crippen MR) is 75.2 cm³/mol. The Morgan fingerprint density at radius 3 is 2.43 bits per heavy atom. The van der Waals surface area contributed by atoms with Crippen LogP contribution in [-0.2, 0) is 11.2 Å². The van der Waals surface area contributed by atoms with E-state index in [2.05, 4.69) is 15.2 Å². The minimum atomic E-state index is -0.870. The third kappa shape index (κ3) is 3.11. The molecule has 0 spiro atoms. The molecule has 6 nitrogen and oxygen atoms in total. The van der Waals surface area contributed by atoms with E-state index in [1.54, 1.807) is 24.3 Å². The quantitative estimate of drug-likeness (QED) is 0.790. The Morgan fingerprint density at radius 1 is 1.00 bits per heavy atom. The molecule has 1 N–H and O–H groups in total. The highest BCUT2D eigenvalue weighted by Gasteiger charge is 2.05. The van der Waals surface area contributed by atoms with Crippen LogP contribution in [0.4, 0.5) is 0 Å². The molecule has 104 valence electrons. The zero-order valence-corrected chi connectivity index (χ0v) is 10.9. The van der Waals surface area contributed by atoms with E-state index in [1.165, 1.54) is 0 Å². The molecule has 0 radical (unpaired) electrons. The molecule has 0 unspecified atom stereocenters. The number of carboxylic acid groups (broad SMARTS) is 1. The molecule has 6 heteroatoms. The van der Waals surface area contributed by atoms with E-state index in [0.717, 1.165) is 0 Å². The van der Waals surface area contributed by atoms with Gasteiger partial charge in [0.15, 0.2) is 0 Å². The largest absolute Gasteiger partial charge is 0.481 e. The lowest BCUT2D eigenvalue weighted by molar-refractivity contribution is -0.136. The van der Waals surface area contributed by atoms with Crippen molar-refractivity contribution in [1.82, 2.24) is 15.2 Å². The summed E-state index contributed by atoms with van der Waals surface area (Å²) < 4.78 is 5.51. The Hall–Kier alpha value is -3.02. The number of hydrogen-bond acceptors (Lipinski definition) is 5. The SMILES string of the molecule is O=C(O)Cc1ccc(Oc2nnc3ccccc3n2)cc1. The van der Waals surface area contributed by atoms with Crippen molar-refractivity contribution in [3.05, 3.63) is 54.1 Å². The van der Waals surface area contributed by atoms with Crippen molar-refractivity contribution in [1.29, 1.82) is 0 Å². The summed E-state index contributed by atoms with van der Waals surface area (Å²) in [5.74, 6) is -0.341. The number of carboxylic acids is 1. The first kappa shape index (κ1) is 13.0. The van der Waals surface area contributed by atoms with Gasteiger partial charge in [0.25, 0.3) is 0 Å². The van der Waals surface area contributed by atoms with Crippen molar-refractivity contribution in [3.63, 3.8) is 0 Å². The molecular weight excluding hydrogens is 270 g/mol. The summed E-state index contributed by atoms with van der Waals surface area (Å²) in [6, 6.07) is 14.3. The van der Waals surface area contributed by atoms with Crippen molar-refractivity contribution >= 4 is 17.0 Å². The van der Waals surface area contributed by atoms with Gasteiger partial charge in [-0.3, -0.25) is 4.79 Å². The molecular formula is C15H11N3O3. The Morgan fingerprint density at radius 2 is 1.71 bits per heavy atom. The monoisotopic (exact) mass is 281 g/mol. The minimum Gasteiger partial charge on any atom is -0.481 e. The number of para-hydroxylation sites is 1. The molecule has 3 rings (SSSR count). The first-order chi connectivity index (χ1) is 10.2. The van der Waals surface area contributed by atoms with Gasteiger partial charge in [-0.05, 0) is 29.8 Å². The van der Waals surface area contributed by atoms with E-state index in [-0.39, 0.29) is 12.4 Å². The van der Waals surface area contributed by atoms with Crippen LogP contribution in [0, 0.1) is 0 Å². The molecule has 21 heavy (non-hydrogen) atoms. The average molecular weight is 281 g/mol. The molecule has 0 bridgehead atoms.